The molecule has 82 valence electrons. The van der Waals surface area contributed by atoms with E-state index in [1.807, 2.05) is 0 Å². The SMILES string of the molecule is O=C(C1CCCO1)N(CCO)CCO. The summed E-state index contributed by atoms with van der Waals surface area (Å²) in [6.07, 6.45) is 1.28. The topological polar surface area (TPSA) is 70.0 Å². The Balaban J connectivity index is 2.43. The predicted octanol–water partition coefficient (Wildman–Crippen LogP) is -1.02. The third-order valence-electron chi connectivity index (χ3n) is 2.26. The molecule has 1 rings (SSSR count). The van der Waals surface area contributed by atoms with Gasteiger partial charge in [0.2, 0.25) is 0 Å². The van der Waals surface area contributed by atoms with Gasteiger partial charge in [0.05, 0.1) is 13.2 Å². The van der Waals surface area contributed by atoms with E-state index in [9.17, 15) is 4.79 Å². The van der Waals surface area contributed by atoms with Gasteiger partial charge in [-0.1, -0.05) is 0 Å². The molecule has 0 saturated carbocycles. The Morgan fingerprint density at radius 2 is 2.00 bits per heavy atom. The monoisotopic (exact) mass is 203 g/mol. The Kier molecular flexibility index (Phi) is 4.86. The van der Waals surface area contributed by atoms with Crippen LogP contribution in [0.4, 0.5) is 0 Å². The molecule has 1 unspecified atom stereocenters. The van der Waals surface area contributed by atoms with E-state index in [0.29, 0.717) is 6.61 Å². The molecule has 0 aromatic heterocycles. The van der Waals surface area contributed by atoms with Crippen molar-refractivity contribution >= 4 is 5.91 Å². The second-order valence-corrected chi connectivity index (χ2v) is 3.27. The lowest BCUT2D eigenvalue weighted by atomic mass is 10.2. The highest BCUT2D eigenvalue weighted by Gasteiger charge is 2.27. The lowest BCUT2D eigenvalue weighted by molar-refractivity contribution is -0.141. The van der Waals surface area contributed by atoms with Crippen LogP contribution in [0.5, 0.6) is 0 Å². The molecule has 5 heteroatoms. The Labute approximate surface area is 83.3 Å². The van der Waals surface area contributed by atoms with Crippen LogP contribution >= 0.6 is 0 Å². The van der Waals surface area contributed by atoms with Gasteiger partial charge in [0.15, 0.2) is 0 Å². The molecule has 0 bridgehead atoms. The van der Waals surface area contributed by atoms with Crippen LogP contribution in [0.15, 0.2) is 0 Å². The fourth-order valence-corrected chi connectivity index (χ4v) is 1.55. The van der Waals surface area contributed by atoms with Crippen molar-refractivity contribution in [1.82, 2.24) is 4.90 Å². The van der Waals surface area contributed by atoms with Gasteiger partial charge < -0.3 is 19.8 Å². The smallest absolute Gasteiger partial charge is 0.251 e. The maximum Gasteiger partial charge on any atom is 0.251 e. The first kappa shape index (κ1) is 11.4. The molecule has 0 aromatic carbocycles. The van der Waals surface area contributed by atoms with Gasteiger partial charge in [-0.3, -0.25) is 4.79 Å². The summed E-state index contributed by atoms with van der Waals surface area (Å²) >= 11 is 0. The van der Waals surface area contributed by atoms with Crippen LogP contribution < -0.4 is 0 Å². The zero-order chi connectivity index (χ0) is 10.4. The number of aliphatic hydroxyl groups is 2. The predicted molar refractivity (Wildman–Crippen MR) is 49.7 cm³/mol. The van der Waals surface area contributed by atoms with Crippen LogP contribution in [-0.2, 0) is 9.53 Å². The number of rotatable bonds is 5. The largest absolute Gasteiger partial charge is 0.395 e. The average molecular weight is 203 g/mol. The molecule has 1 heterocycles. The lowest BCUT2D eigenvalue weighted by Crippen LogP contribution is -2.42. The quantitative estimate of drug-likeness (QED) is 0.600. The molecule has 0 radical (unpaired) electrons. The van der Waals surface area contributed by atoms with Crippen molar-refractivity contribution in [1.29, 1.82) is 0 Å². The highest BCUT2D eigenvalue weighted by Crippen LogP contribution is 2.14. The van der Waals surface area contributed by atoms with E-state index in [1.165, 1.54) is 4.90 Å². The average Bonchev–Trinajstić information content (AvgIpc) is 2.69. The van der Waals surface area contributed by atoms with Gasteiger partial charge in [-0.2, -0.15) is 0 Å². The van der Waals surface area contributed by atoms with E-state index in [-0.39, 0.29) is 38.3 Å². The summed E-state index contributed by atoms with van der Waals surface area (Å²) in [4.78, 5) is 13.1. The molecule has 1 atom stereocenters. The minimum atomic E-state index is -0.368. The minimum absolute atomic E-state index is 0.0849. The number of carbonyl (C=O) groups is 1. The normalized spacial score (nSPS) is 21.1. The fraction of sp³-hybridized carbons (Fsp3) is 0.889. The van der Waals surface area contributed by atoms with Crippen LogP contribution in [0.1, 0.15) is 12.8 Å². The summed E-state index contributed by atoms with van der Waals surface area (Å²) in [5, 5.41) is 17.5. The standard InChI is InChI=1S/C9H17NO4/c11-5-3-10(4-6-12)9(13)8-2-1-7-14-8/h8,11-12H,1-7H2. The highest BCUT2D eigenvalue weighted by molar-refractivity contribution is 5.81. The highest BCUT2D eigenvalue weighted by atomic mass is 16.5. The van der Waals surface area contributed by atoms with Crippen LogP contribution in [0.2, 0.25) is 0 Å². The molecule has 0 aromatic rings. The molecule has 14 heavy (non-hydrogen) atoms. The van der Waals surface area contributed by atoms with Gasteiger partial charge in [0, 0.05) is 19.7 Å². The molecular weight excluding hydrogens is 186 g/mol. The van der Waals surface area contributed by atoms with E-state index >= 15 is 0 Å². The molecule has 1 saturated heterocycles. The first-order valence-corrected chi connectivity index (χ1v) is 4.91. The molecule has 0 aliphatic carbocycles. The Morgan fingerprint density at radius 1 is 1.36 bits per heavy atom. The number of ether oxygens (including phenoxy) is 1. The molecular formula is C9H17NO4. The zero-order valence-electron chi connectivity index (χ0n) is 8.19. The van der Waals surface area contributed by atoms with Crippen LogP contribution in [0.25, 0.3) is 0 Å². The molecule has 5 nitrogen and oxygen atoms in total. The van der Waals surface area contributed by atoms with E-state index in [0.717, 1.165) is 12.8 Å². The molecule has 1 aliphatic rings. The third-order valence-corrected chi connectivity index (χ3v) is 2.26. The summed E-state index contributed by atoms with van der Waals surface area (Å²) in [5.74, 6) is -0.120. The number of aliphatic hydroxyl groups excluding tert-OH is 2. The second kappa shape index (κ2) is 5.95. The number of nitrogens with zero attached hydrogens (tertiary/aromatic N) is 1. The van der Waals surface area contributed by atoms with Crippen LogP contribution in [0, 0.1) is 0 Å². The Hall–Kier alpha value is -0.650. The van der Waals surface area contributed by atoms with Crippen LogP contribution in [0.3, 0.4) is 0 Å². The third kappa shape index (κ3) is 2.94. The summed E-state index contributed by atoms with van der Waals surface area (Å²) in [7, 11) is 0. The number of amides is 1. The molecule has 1 fully saturated rings. The summed E-state index contributed by atoms with van der Waals surface area (Å²) in [5.41, 5.74) is 0. The summed E-state index contributed by atoms with van der Waals surface area (Å²) in [6.45, 7) is 0.984. The lowest BCUT2D eigenvalue weighted by Gasteiger charge is -2.23. The van der Waals surface area contributed by atoms with Gasteiger partial charge >= 0.3 is 0 Å². The number of hydrogen-bond donors (Lipinski definition) is 2. The minimum Gasteiger partial charge on any atom is -0.395 e. The molecule has 2 N–H and O–H groups in total. The number of carbonyl (C=O) groups excluding carboxylic acids is 1. The van der Waals surface area contributed by atoms with Crippen LogP contribution in [-0.4, -0.2) is 60.0 Å². The van der Waals surface area contributed by atoms with E-state index in [2.05, 4.69) is 0 Å². The zero-order valence-corrected chi connectivity index (χ0v) is 8.19. The van der Waals surface area contributed by atoms with E-state index in [4.69, 9.17) is 14.9 Å². The van der Waals surface area contributed by atoms with Crippen molar-refractivity contribution in [2.75, 3.05) is 32.9 Å². The summed E-state index contributed by atoms with van der Waals surface area (Å²) < 4.78 is 5.23. The Bertz CT molecular complexity index is 174. The van der Waals surface area contributed by atoms with Crippen molar-refractivity contribution in [2.45, 2.75) is 18.9 Å². The number of hydrogen-bond acceptors (Lipinski definition) is 4. The van der Waals surface area contributed by atoms with Gasteiger partial charge in [-0.15, -0.1) is 0 Å². The Morgan fingerprint density at radius 3 is 2.43 bits per heavy atom. The van der Waals surface area contributed by atoms with E-state index < -0.39 is 0 Å². The van der Waals surface area contributed by atoms with Crippen molar-refractivity contribution < 1.29 is 19.7 Å². The summed E-state index contributed by atoms with van der Waals surface area (Å²) in [6, 6.07) is 0. The first-order chi connectivity index (χ1) is 6.79. The molecule has 1 amide bonds. The van der Waals surface area contributed by atoms with Crippen molar-refractivity contribution in [2.24, 2.45) is 0 Å². The molecule has 1 aliphatic heterocycles. The second-order valence-electron chi connectivity index (χ2n) is 3.27. The molecule has 0 spiro atoms. The van der Waals surface area contributed by atoms with E-state index in [1.54, 1.807) is 0 Å². The van der Waals surface area contributed by atoms with Gasteiger partial charge in [-0.25, -0.2) is 0 Å². The fourth-order valence-electron chi connectivity index (χ4n) is 1.55. The van der Waals surface area contributed by atoms with Crippen molar-refractivity contribution in [3.63, 3.8) is 0 Å². The first-order valence-electron chi connectivity index (χ1n) is 4.91. The van der Waals surface area contributed by atoms with Gasteiger partial charge in [0.1, 0.15) is 6.10 Å². The van der Waals surface area contributed by atoms with Crippen molar-refractivity contribution in [3.8, 4) is 0 Å². The van der Waals surface area contributed by atoms with Crippen molar-refractivity contribution in [3.05, 3.63) is 0 Å². The van der Waals surface area contributed by atoms with Gasteiger partial charge in [0.25, 0.3) is 5.91 Å². The maximum absolute atomic E-state index is 11.7. The van der Waals surface area contributed by atoms with Gasteiger partial charge in [-0.05, 0) is 12.8 Å². The maximum atomic E-state index is 11.7.